The minimum absolute atomic E-state index is 0.0621. The third kappa shape index (κ3) is 3.95. The van der Waals surface area contributed by atoms with Crippen LogP contribution in [0.15, 0.2) is 21.7 Å². The summed E-state index contributed by atoms with van der Waals surface area (Å²) >= 11 is 1.24. The zero-order valence-corrected chi connectivity index (χ0v) is 14.9. The lowest BCUT2D eigenvalue weighted by Gasteiger charge is -2.33. The zero-order valence-electron chi connectivity index (χ0n) is 13.2. The smallest absolute Gasteiger partial charge is 0.252 e. The molecule has 2 heterocycles. The Bertz CT molecular complexity index is 622. The summed E-state index contributed by atoms with van der Waals surface area (Å²) < 4.78 is 27.1. The van der Waals surface area contributed by atoms with Gasteiger partial charge in [0.2, 0.25) is 5.91 Å². The van der Waals surface area contributed by atoms with Crippen LogP contribution >= 0.6 is 11.3 Å². The van der Waals surface area contributed by atoms with Gasteiger partial charge in [0.05, 0.1) is 0 Å². The van der Waals surface area contributed by atoms with Crippen LogP contribution in [-0.4, -0.2) is 37.8 Å². The highest BCUT2D eigenvalue weighted by molar-refractivity contribution is 7.91. The van der Waals surface area contributed by atoms with E-state index >= 15 is 0 Å². The van der Waals surface area contributed by atoms with Crippen molar-refractivity contribution in [3.05, 3.63) is 17.5 Å². The highest BCUT2D eigenvalue weighted by Gasteiger charge is 2.32. The Balaban J connectivity index is 1.61. The molecule has 23 heavy (non-hydrogen) atoms. The summed E-state index contributed by atoms with van der Waals surface area (Å²) in [5.74, 6) is 0.234. The van der Waals surface area contributed by atoms with Crippen molar-refractivity contribution >= 4 is 27.3 Å². The number of piperidine rings is 1. The molecule has 3 rings (SSSR count). The largest absolute Gasteiger partial charge is 0.352 e. The minimum Gasteiger partial charge on any atom is -0.352 e. The monoisotopic (exact) mass is 356 g/mol. The predicted octanol–water partition coefficient (Wildman–Crippen LogP) is 2.60. The highest BCUT2D eigenvalue weighted by atomic mass is 32.2. The van der Waals surface area contributed by atoms with Gasteiger partial charge in [-0.1, -0.05) is 25.3 Å². The Kier molecular flexibility index (Phi) is 5.38. The Labute approximate surface area is 142 Å². The van der Waals surface area contributed by atoms with Gasteiger partial charge in [0.1, 0.15) is 4.21 Å². The van der Waals surface area contributed by atoms with E-state index in [0.717, 1.165) is 38.5 Å². The van der Waals surface area contributed by atoms with Crippen molar-refractivity contribution in [1.29, 1.82) is 0 Å². The number of nitrogens with one attached hydrogen (secondary N) is 1. The number of carbonyl (C=O) groups is 1. The first-order valence-corrected chi connectivity index (χ1v) is 10.7. The number of sulfonamides is 1. The molecule has 0 spiro atoms. The first-order chi connectivity index (χ1) is 11.1. The fourth-order valence-electron chi connectivity index (χ4n) is 3.50. The van der Waals surface area contributed by atoms with E-state index in [1.807, 2.05) is 0 Å². The molecule has 0 aromatic carbocycles. The Hall–Kier alpha value is -0.920. The molecule has 1 atom stereocenters. The molecule has 1 saturated carbocycles. The van der Waals surface area contributed by atoms with E-state index < -0.39 is 10.0 Å². The number of hydrogen-bond donors (Lipinski definition) is 1. The summed E-state index contributed by atoms with van der Waals surface area (Å²) in [4.78, 5) is 12.4. The highest BCUT2D eigenvalue weighted by Crippen LogP contribution is 2.26. The Morgan fingerprint density at radius 1 is 1.17 bits per heavy atom. The van der Waals surface area contributed by atoms with Crippen LogP contribution in [0.3, 0.4) is 0 Å². The third-order valence-electron chi connectivity index (χ3n) is 4.80. The normalized spacial score (nSPS) is 24.4. The molecule has 1 aromatic heterocycles. The van der Waals surface area contributed by atoms with Gasteiger partial charge in [-0.2, -0.15) is 4.31 Å². The lowest BCUT2D eigenvalue weighted by atomic mass is 9.88. The van der Waals surface area contributed by atoms with Gasteiger partial charge in [-0.25, -0.2) is 8.42 Å². The van der Waals surface area contributed by atoms with Gasteiger partial charge in [-0.3, -0.25) is 4.79 Å². The number of amides is 1. The summed E-state index contributed by atoms with van der Waals surface area (Å²) in [5.41, 5.74) is 0. The number of nitrogens with zero attached hydrogens (tertiary/aromatic N) is 1. The van der Waals surface area contributed by atoms with Gasteiger partial charge in [0.25, 0.3) is 10.0 Å². The van der Waals surface area contributed by atoms with Crippen LogP contribution in [0.2, 0.25) is 0 Å². The van der Waals surface area contributed by atoms with Crippen LogP contribution in [0.5, 0.6) is 0 Å². The molecule has 0 radical (unpaired) electrons. The van der Waals surface area contributed by atoms with Gasteiger partial charge in [-0.15, -0.1) is 11.3 Å². The van der Waals surface area contributed by atoms with Crippen LogP contribution in [0, 0.1) is 5.92 Å². The van der Waals surface area contributed by atoms with E-state index in [4.69, 9.17) is 0 Å². The predicted molar refractivity (Wildman–Crippen MR) is 90.8 cm³/mol. The molecule has 1 saturated heterocycles. The van der Waals surface area contributed by atoms with Crippen LogP contribution < -0.4 is 5.32 Å². The minimum atomic E-state index is -3.41. The van der Waals surface area contributed by atoms with Gasteiger partial charge in [0, 0.05) is 25.0 Å². The van der Waals surface area contributed by atoms with Gasteiger partial charge < -0.3 is 5.32 Å². The van der Waals surface area contributed by atoms with E-state index in [-0.39, 0.29) is 17.9 Å². The van der Waals surface area contributed by atoms with E-state index in [2.05, 4.69) is 5.32 Å². The van der Waals surface area contributed by atoms with Crippen molar-refractivity contribution in [3.8, 4) is 0 Å². The molecule has 2 aliphatic rings. The molecule has 1 aromatic rings. The molecular formula is C16H24N2O3S2. The molecule has 128 valence electrons. The average molecular weight is 357 g/mol. The molecule has 1 N–H and O–H groups in total. The fourth-order valence-corrected chi connectivity index (χ4v) is 6.17. The number of rotatable bonds is 4. The first-order valence-electron chi connectivity index (χ1n) is 8.41. The first kappa shape index (κ1) is 16.9. The number of carbonyl (C=O) groups excluding carboxylic acids is 1. The van der Waals surface area contributed by atoms with Gasteiger partial charge in [-0.05, 0) is 37.1 Å². The Morgan fingerprint density at radius 3 is 2.65 bits per heavy atom. The molecule has 1 aliphatic heterocycles. The molecule has 5 nitrogen and oxygen atoms in total. The molecule has 7 heteroatoms. The van der Waals surface area contributed by atoms with Crippen LogP contribution in [0.1, 0.15) is 44.9 Å². The second-order valence-electron chi connectivity index (χ2n) is 6.48. The maximum absolute atomic E-state index is 12.6. The van der Waals surface area contributed by atoms with Crippen molar-refractivity contribution in [2.75, 3.05) is 13.1 Å². The molecule has 2 fully saturated rings. The molecule has 0 bridgehead atoms. The number of thiophene rings is 1. The van der Waals surface area contributed by atoms with E-state index in [9.17, 15) is 13.2 Å². The maximum Gasteiger partial charge on any atom is 0.252 e. The van der Waals surface area contributed by atoms with E-state index in [1.54, 1.807) is 17.5 Å². The van der Waals surface area contributed by atoms with Crippen molar-refractivity contribution in [1.82, 2.24) is 9.62 Å². The average Bonchev–Trinajstić information content (AvgIpc) is 3.11. The number of hydrogen-bond acceptors (Lipinski definition) is 4. The van der Waals surface area contributed by atoms with Gasteiger partial charge >= 0.3 is 0 Å². The standard InChI is InChI=1S/C16H24N2O3S2/c19-16(13-6-2-1-3-7-13)17-14-8-4-10-18(12-14)23(20,21)15-9-5-11-22-15/h5,9,11,13-14H,1-4,6-8,10,12H2,(H,17,19). The summed E-state index contributed by atoms with van der Waals surface area (Å²) in [5, 5.41) is 4.87. The zero-order chi connectivity index (χ0) is 16.3. The van der Waals surface area contributed by atoms with E-state index in [0.29, 0.717) is 17.3 Å². The molecular weight excluding hydrogens is 332 g/mol. The quantitative estimate of drug-likeness (QED) is 0.902. The summed E-state index contributed by atoms with van der Waals surface area (Å²) in [7, 11) is -3.41. The fraction of sp³-hybridized carbons (Fsp3) is 0.688. The topological polar surface area (TPSA) is 66.5 Å². The van der Waals surface area contributed by atoms with Crippen LogP contribution in [0.25, 0.3) is 0 Å². The van der Waals surface area contributed by atoms with Crippen LogP contribution in [0.4, 0.5) is 0 Å². The molecule has 1 amide bonds. The van der Waals surface area contributed by atoms with Crippen molar-refractivity contribution in [2.24, 2.45) is 5.92 Å². The van der Waals surface area contributed by atoms with Crippen molar-refractivity contribution in [2.45, 2.75) is 55.2 Å². The third-order valence-corrected chi connectivity index (χ3v) is 8.03. The summed E-state index contributed by atoms with van der Waals surface area (Å²) in [6.45, 7) is 0.925. The molecule has 1 unspecified atom stereocenters. The molecule has 1 aliphatic carbocycles. The Morgan fingerprint density at radius 2 is 1.96 bits per heavy atom. The summed E-state index contributed by atoms with van der Waals surface area (Å²) in [6.07, 6.45) is 7.06. The van der Waals surface area contributed by atoms with E-state index in [1.165, 1.54) is 22.1 Å². The second kappa shape index (κ2) is 7.32. The van der Waals surface area contributed by atoms with Crippen molar-refractivity contribution < 1.29 is 13.2 Å². The summed E-state index contributed by atoms with van der Waals surface area (Å²) in [6, 6.07) is 3.33. The lowest BCUT2D eigenvalue weighted by Crippen LogP contribution is -2.50. The van der Waals surface area contributed by atoms with Crippen molar-refractivity contribution in [3.63, 3.8) is 0 Å². The second-order valence-corrected chi connectivity index (χ2v) is 9.59. The lowest BCUT2D eigenvalue weighted by molar-refractivity contribution is -0.126. The maximum atomic E-state index is 12.6. The van der Waals surface area contributed by atoms with Crippen LogP contribution in [-0.2, 0) is 14.8 Å². The SMILES string of the molecule is O=C(NC1CCCN(S(=O)(=O)c2cccs2)C1)C1CCCCC1. The van der Waals surface area contributed by atoms with Gasteiger partial charge in [0.15, 0.2) is 0 Å².